The van der Waals surface area contributed by atoms with Gasteiger partial charge in [0.25, 0.3) is 17.7 Å². The van der Waals surface area contributed by atoms with Crippen molar-refractivity contribution in [2.24, 2.45) is 0 Å². The SMILES string of the molecule is Cc1ccc(OCC(=O)Nc2ccc(N3C(=O)c4ccccc4C3=O)cc2Cl)c(C)c1. The van der Waals surface area contributed by atoms with E-state index in [9.17, 15) is 14.4 Å². The fourth-order valence-corrected chi connectivity index (χ4v) is 3.68. The summed E-state index contributed by atoms with van der Waals surface area (Å²) < 4.78 is 5.58. The van der Waals surface area contributed by atoms with Gasteiger partial charge in [-0.25, -0.2) is 4.90 Å². The second kappa shape index (κ2) is 8.24. The van der Waals surface area contributed by atoms with Crippen LogP contribution in [-0.2, 0) is 4.79 Å². The number of carbonyl (C=O) groups is 3. The van der Waals surface area contributed by atoms with Crippen molar-refractivity contribution < 1.29 is 19.1 Å². The summed E-state index contributed by atoms with van der Waals surface area (Å²) in [6.45, 7) is 3.71. The highest BCUT2D eigenvalue weighted by Gasteiger charge is 2.36. The summed E-state index contributed by atoms with van der Waals surface area (Å²) in [4.78, 5) is 38.6. The standard InChI is InChI=1S/C24H19ClN2O4/c1-14-7-10-21(15(2)11-14)31-13-22(28)26-20-9-8-16(12-19(20)25)27-23(29)17-5-3-4-6-18(17)24(27)30/h3-12H,13H2,1-2H3,(H,26,28). The minimum Gasteiger partial charge on any atom is -0.483 e. The summed E-state index contributed by atoms with van der Waals surface area (Å²) in [5.41, 5.74) is 3.45. The number of fused-ring (bicyclic) bond motifs is 1. The smallest absolute Gasteiger partial charge is 0.266 e. The number of benzene rings is 3. The van der Waals surface area contributed by atoms with Crippen LogP contribution < -0.4 is 15.0 Å². The van der Waals surface area contributed by atoms with Gasteiger partial charge < -0.3 is 10.1 Å². The Labute approximate surface area is 184 Å². The molecule has 0 saturated heterocycles. The highest BCUT2D eigenvalue weighted by atomic mass is 35.5. The topological polar surface area (TPSA) is 75.7 Å². The lowest BCUT2D eigenvalue weighted by Crippen LogP contribution is -2.29. The van der Waals surface area contributed by atoms with E-state index < -0.39 is 11.8 Å². The summed E-state index contributed by atoms with van der Waals surface area (Å²) in [7, 11) is 0. The van der Waals surface area contributed by atoms with Crippen molar-refractivity contribution >= 4 is 40.7 Å². The van der Waals surface area contributed by atoms with E-state index in [0.717, 1.165) is 16.0 Å². The van der Waals surface area contributed by atoms with E-state index in [1.165, 1.54) is 6.07 Å². The van der Waals surface area contributed by atoms with Gasteiger partial charge in [-0.2, -0.15) is 0 Å². The third kappa shape index (κ3) is 4.02. The van der Waals surface area contributed by atoms with E-state index in [1.54, 1.807) is 36.4 Å². The summed E-state index contributed by atoms with van der Waals surface area (Å²) in [6, 6.07) is 16.9. The van der Waals surface area contributed by atoms with Crippen LogP contribution >= 0.6 is 11.6 Å². The first-order valence-corrected chi connectivity index (χ1v) is 10.00. The zero-order chi connectivity index (χ0) is 22.1. The van der Waals surface area contributed by atoms with E-state index >= 15 is 0 Å². The molecule has 6 nitrogen and oxygen atoms in total. The maximum atomic E-state index is 12.6. The molecule has 3 amide bonds. The average Bonchev–Trinajstić information content (AvgIpc) is 2.99. The van der Waals surface area contributed by atoms with Crippen LogP contribution in [0.25, 0.3) is 0 Å². The van der Waals surface area contributed by atoms with Gasteiger partial charge in [-0.3, -0.25) is 14.4 Å². The molecule has 156 valence electrons. The van der Waals surface area contributed by atoms with Gasteiger partial charge in [0, 0.05) is 0 Å². The molecule has 0 aliphatic carbocycles. The van der Waals surface area contributed by atoms with Crippen molar-refractivity contribution in [1.29, 1.82) is 0 Å². The number of ether oxygens (including phenoxy) is 1. The van der Waals surface area contributed by atoms with Crippen molar-refractivity contribution in [2.45, 2.75) is 13.8 Å². The van der Waals surface area contributed by atoms with Gasteiger partial charge in [-0.05, 0) is 55.8 Å². The number of carbonyl (C=O) groups excluding carboxylic acids is 3. The first kappa shape index (κ1) is 20.6. The van der Waals surface area contributed by atoms with E-state index in [2.05, 4.69) is 5.32 Å². The first-order chi connectivity index (χ1) is 14.8. The Kier molecular flexibility index (Phi) is 5.48. The third-order valence-electron chi connectivity index (χ3n) is 4.97. The second-order valence-corrected chi connectivity index (χ2v) is 7.67. The predicted octanol–water partition coefficient (Wildman–Crippen LogP) is 4.77. The van der Waals surface area contributed by atoms with Gasteiger partial charge in [0.15, 0.2) is 6.61 Å². The Hall–Kier alpha value is -3.64. The minimum atomic E-state index is -0.407. The molecule has 31 heavy (non-hydrogen) atoms. The number of anilines is 2. The highest BCUT2D eigenvalue weighted by molar-refractivity contribution is 6.36. The Morgan fingerprint density at radius 1 is 0.968 bits per heavy atom. The molecule has 0 aromatic heterocycles. The maximum Gasteiger partial charge on any atom is 0.266 e. The van der Waals surface area contributed by atoms with Crippen molar-refractivity contribution in [1.82, 2.24) is 0 Å². The molecule has 3 aromatic rings. The molecule has 0 radical (unpaired) electrons. The number of hydrogen-bond donors (Lipinski definition) is 1. The van der Waals surface area contributed by atoms with Crippen molar-refractivity contribution in [3.05, 3.63) is 87.9 Å². The van der Waals surface area contributed by atoms with Gasteiger partial charge in [0.1, 0.15) is 5.75 Å². The molecule has 0 unspecified atom stereocenters. The zero-order valence-electron chi connectivity index (χ0n) is 16.9. The Balaban J connectivity index is 1.45. The van der Waals surface area contributed by atoms with Gasteiger partial charge in [0.2, 0.25) is 0 Å². The first-order valence-electron chi connectivity index (χ1n) is 9.62. The molecule has 0 spiro atoms. The molecule has 1 N–H and O–H groups in total. The van der Waals surface area contributed by atoms with Crippen LogP contribution in [0.4, 0.5) is 11.4 Å². The van der Waals surface area contributed by atoms with Crippen LogP contribution in [0.15, 0.2) is 60.7 Å². The molecule has 1 aliphatic rings. The molecule has 1 heterocycles. The predicted molar refractivity (Wildman–Crippen MR) is 119 cm³/mol. The number of aryl methyl sites for hydroxylation is 2. The fraction of sp³-hybridized carbons (Fsp3) is 0.125. The molecule has 0 saturated carbocycles. The van der Waals surface area contributed by atoms with Gasteiger partial charge in [-0.15, -0.1) is 0 Å². The molecule has 0 atom stereocenters. The maximum absolute atomic E-state index is 12.6. The number of nitrogens with zero attached hydrogens (tertiary/aromatic N) is 1. The van der Waals surface area contributed by atoms with Crippen LogP contribution in [0, 0.1) is 13.8 Å². The number of amides is 3. The van der Waals surface area contributed by atoms with Crippen LogP contribution in [0.5, 0.6) is 5.75 Å². The monoisotopic (exact) mass is 434 g/mol. The summed E-state index contributed by atoms with van der Waals surface area (Å²) in [5, 5.41) is 2.89. The number of halogens is 1. The van der Waals surface area contributed by atoms with E-state index in [0.29, 0.717) is 28.3 Å². The lowest BCUT2D eigenvalue weighted by Gasteiger charge is -2.16. The third-order valence-corrected chi connectivity index (χ3v) is 5.28. The van der Waals surface area contributed by atoms with Crippen LogP contribution in [0.1, 0.15) is 31.8 Å². The average molecular weight is 435 g/mol. The van der Waals surface area contributed by atoms with Gasteiger partial charge in [-0.1, -0.05) is 41.4 Å². The lowest BCUT2D eigenvalue weighted by molar-refractivity contribution is -0.118. The molecule has 1 aliphatic heterocycles. The molecule has 0 fully saturated rings. The number of hydrogen-bond acceptors (Lipinski definition) is 4. The largest absolute Gasteiger partial charge is 0.483 e. The van der Waals surface area contributed by atoms with E-state index in [1.807, 2.05) is 32.0 Å². The number of nitrogens with one attached hydrogen (secondary N) is 1. The minimum absolute atomic E-state index is 0.180. The molecule has 7 heteroatoms. The van der Waals surface area contributed by atoms with Crippen molar-refractivity contribution in [2.75, 3.05) is 16.8 Å². The normalized spacial score (nSPS) is 12.7. The fourth-order valence-electron chi connectivity index (χ4n) is 3.46. The summed E-state index contributed by atoms with van der Waals surface area (Å²) in [6.07, 6.45) is 0. The lowest BCUT2D eigenvalue weighted by atomic mass is 10.1. The van der Waals surface area contributed by atoms with Crippen LogP contribution in [0.3, 0.4) is 0 Å². The quantitative estimate of drug-likeness (QED) is 0.586. The Morgan fingerprint density at radius 3 is 2.26 bits per heavy atom. The zero-order valence-corrected chi connectivity index (χ0v) is 17.7. The van der Waals surface area contributed by atoms with Gasteiger partial charge in [0.05, 0.1) is 27.5 Å². The molecule has 3 aromatic carbocycles. The van der Waals surface area contributed by atoms with E-state index in [-0.39, 0.29) is 17.5 Å². The van der Waals surface area contributed by atoms with Crippen molar-refractivity contribution in [3.8, 4) is 5.75 Å². The molecular formula is C24H19ClN2O4. The molecule has 4 rings (SSSR count). The highest BCUT2D eigenvalue weighted by Crippen LogP contribution is 2.33. The van der Waals surface area contributed by atoms with E-state index in [4.69, 9.17) is 16.3 Å². The number of imide groups is 1. The number of rotatable bonds is 5. The Bertz CT molecular complexity index is 1190. The van der Waals surface area contributed by atoms with Crippen LogP contribution in [0.2, 0.25) is 5.02 Å². The summed E-state index contributed by atoms with van der Waals surface area (Å²) >= 11 is 6.31. The molecular weight excluding hydrogens is 416 g/mol. The van der Waals surface area contributed by atoms with Crippen molar-refractivity contribution in [3.63, 3.8) is 0 Å². The van der Waals surface area contributed by atoms with Crippen LogP contribution in [-0.4, -0.2) is 24.3 Å². The summed E-state index contributed by atoms with van der Waals surface area (Å²) in [5.74, 6) is -0.561. The second-order valence-electron chi connectivity index (χ2n) is 7.26. The Morgan fingerprint density at radius 2 is 1.65 bits per heavy atom. The van der Waals surface area contributed by atoms with Gasteiger partial charge >= 0.3 is 0 Å². The molecule has 0 bridgehead atoms.